The highest BCUT2D eigenvalue weighted by Gasteiger charge is 2.40. The summed E-state index contributed by atoms with van der Waals surface area (Å²) < 4.78 is 11.5. The van der Waals surface area contributed by atoms with E-state index >= 15 is 0 Å². The molecule has 7 heteroatoms. The second-order valence-electron chi connectivity index (χ2n) is 9.90. The smallest absolute Gasteiger partial charge is 0.174 e. The number of para-hydroxylation sites is 1. The molecule has 1 aliphatic rings. The minimum Gasteiger partial charge on any atom is -0.495 e. The molecule has 3 rings (SSSR count). The Morgan fingerprint density at radius 1 is 1.12 bits per heavy atom. The Bertz CT molecular complexity index is 964. The fourth-order valence-electron chi connectivity index (χ4n) is 4.93. The van der Waals surface area contributed by atoms with Gasteiger partial charge >= 0.3 is 0 Å². The molecule has 2 aromatic rings. The lowest BCUT2D eigenvalue weighted by molar-refractivity contribution is 0.101. The van der Waals surface area contributed by atoms with Gasteiger partial charge in [-0.3, -0.25) is 0 Å². The average Bonchev–Trinajstić information content (AvgIpc) is 2.72. The van der Waals surface area contributed by atoms with Gasteiger partial charge < -0.3 is 25.0 Å². The molecule has 5 nitrogen and oxygen atoms in total. The zero-order chi connectivity index (χ0) is 24.2. The highest BCUT2D eigenvalue weighted by Crippen LogP contribution is 2.35. The van der Waals surface area contributed by atoms with Crippen LogP contribution in [0.2, 0.25) is 5.02 Å². The van der Waals surface area contributed by atoms with Gasteiger partial charge in [-0.1, -0.05) is 29.8 Å². The van der Waals surface area contributed by atoms with Crippen molar-refractivity contribution < 1.29 is 9.47 Å². The summed E-state index contributed by atoms with van der Waals surface area (Å²) in [6.45, 7) is 12.3. The number of piperidine rings is 1. The molecule has 1 saturated heterocycles. The van der Waals surface area contributed by atoms with E-state index in [0.29, 0.717) is 29.0 Å². The van der Waals surface area contributed by atoms with E-state index in [-0.39, 0.29) is 17.1 Å². The summed E-state index contributed by atoms with van der Waals surface area (Å²) in [5.41, 5.74) is 1.87. The first-order valence-electron chi connectivity index (χ1n) is 11.4. The highest BCUT2D eigenvalue weighted by atomic mass is 35.5. The van der Waals surface area contributed by atoms with E-state index in [1.165, 1.54) is 0 Å². The van der Waals surface area contributed by atoms with Gasteiger partial charge in [0.05, 0.1) is 19.4 Å². The van der Waals surface area contributed by atoms with Crippen LogP contribution < -0.4 is 20.1 Å². The Hall–Kier alpha value is -2.02. The molecule has 0 saturated carbocycles. The van der Waals surface area contributed by atoms with Crippen LogP contribution in [0.3, 0.4) is 0 Å². The predicted octanol–water partition coefficient (Wildman–Crippen LogP) is 6.26. The van der Waals surface area contributed by atoms with Crippen LogP contribution in [0.25, 0.3) is 0 Å². The van der Waals surface area contributed by atoms with Gasteiger partial charge in [-0.05, 0) is 77.9 Å². The van der Waals surface area contributed by atoms with E-state index in [4.69, 9.17) is 33.3 Å². The van der Waals surface area contributed by atoms with E-state index in [2.05, 4.69) is 49.3 Å². The molecule has 1 aliphatic heterocycles. The first-order chi connectivity index (χ1) is 15.5. The summed E-state index contributed by atoms with van der Waals surface area (Å²) in [6.07, 6.45) is 1.93. The van der Waals surface area contributed by atoms with Crippen molar-refractivity contribution in [2.24, 2.45) is 0 Å². The van der Waals surface area contributed by atoms with Crippen LogP contribution in [0.4, 0.5) is 5.69 Å². The molecule has 1 fully saturated rings. The van der Waals surface area contributed by atoms with Crippen LogP contribution in [-0.2, 0) is 6.54 Å². The standard InChI is InChI=1S/C26H36ClN3O2S/c1-7-32-22-11-9-8-10-18(22)17-30(20-15-25(2,3)29-26(4,5)16-20)24(33)28-21-13-12-19(27)14-23(21)31-6/h8-14,20,29H,7,15-17H2,1-6H3,(H,28,33). The van der Waals surface area contributed by atoms with Gasteiger partial charge in [0.1, 0.15) is 11.5 Å². The minimum atomic E-state index is -0.0162. The normalized spacial score (nSPS) is 17.3. The quantitative estimate of drug-likeness (QED) is 0.448. The molecule has 0 bridgehead atoms. The number of benzene rings is 2. The molecular weight excluding hydrogens is 454 g/mol. The van der Waals surface area contributed by atoms with Crippen molar-refractivity contribution in [3.8, 4) is 11.5 Å². The zero-order valence-electron chi connectivity index (χ0n) is 20.5. The van der Waals surface area contributed by atoms with Crippen LogP contribution in [0.1, 0.15) is 53.0 Å². The van der Waals surface area contributed by atoms with Crippen LogP contribution in [-0.4, -0.2) is 40.8 Å². The number of hydrogen-bond donors (Lipinski definition) is 2. The molecule has 2 N–H and O–H groups in total. The molecule has 2 aromatic carbocycles. The Morgan fingerprint density at radius 2 is 1.79 bits per heavy atom. The van der Waals surface area contributed by atoms with E-state index in [1.807, 2.05) is 37.3 Å². The summed E-state index contributed by atoms with van der Waals surface area (Å²) in [5.74, 6) is 1.55. The van der Waals surface area contributed by atoms with Crippen molar-refractivity contribution in [3.63, 3.8) is 0 Å². The lowest BCUT2D eigenvalue weighted by Gasteiger charge is -2.50. The van der Waals surface area contributed by atoms with Crippen molar-refractivity contribution in [1.29, 1.82) is 0 Å². The number of nitrogens with zero attached hydrogens (tertiary/aromatic N) is 1. The molecule has 33 heavy (non-hydrogen) atoms. The summed E-state index contributed by atoms with van der Waals surface area (Å²) in [6, 6.07) is 13.9. The summed E-state index contributed by atoms with van der Waals surface area (Å²) >= 11 is 12.2. The first-order valence-corrected chi connectivity index (χ1v) is 12.2. The molecule has 0 radical (unpaired) electrons. The van der Waals surface area contributed by atoms with Crippen molar-refractivity contribution in [2.45, 2.75) is 71.1 Å². The number of nitrogens with one attached hydrogen (secondary N) is 2. The van der Waals surface area contributed by atoms with E-state index in [1.54, 1.807) is 13.2 Å². The first kappa shape index (κ1) is 25.6. The highest BCUT2D eigenvalue weighted by molar-refractivity contribution is 7.80. The van der Waals surface area contributed by atoms with E-state index in [0.717, 1.165) is 29.8 Å². The Morgan fingerprint density at radius 3 is 2.42 bits per heavy atom. The third-order valence-corrected chi connectivity index (χ3v) is 6.46. The molecular formula is C26H36ClN3O2S. The Labute approximate surface area is 208 Å². The van der Waals surface area contributed by atoms with Gasteiger partial charge in [-0.2, -0.15) is 0 Å². The van der Waals surface area contributed by atoms with Gasteiger partial charge in [0.2, 0.25) is 0 Å². The zero-order valence-corrected chi connectivity index (χ0v) is 22.1. The van der Waals surface area contributed by atoms with Crippen molar-refractivity contribution in [2.75, 3.05) is 19.0 Å². The number of thiocarbonyl (C=S) groups is 1. The maximum Gasteiger partial charge on any atom is 0.174 e. The number of methoxy groups -OCH3 is 1. The monoisotopic (exact) mass is 489 g/mol. The molecule has 1 heterocycles. The van der Waals surface area contributed by atoms with Crippen LogP contribution in [0.5, 0.6) is 11.5 Å². The maximum absolute atomic E-state index is 6.16. The third kappa shape index (κ3) is 6.75. The fourth-order valence-corrected chi connectivity index (χ4v) is 5.41. The molecule has 0 amide bonds. The number of halogens is 1. The van der Waals surface area contributed by atoms with E-state index < -0.39 is 0 Å². The average molecular weight is 490 g/mol. The van der Waals surface area contributed by atoms with Crippen molar-refractivity contribution in [3.05, 3.63) is 53.1 Å². The molecule has 0 unspecified atom stereocenters. The van der Waals surface area contributed by atoms with Crippen molar-refractivity contribution >= 4 is 34.6 Å². The fraction of sp³-hybridized carbons (Fsp3) is 0.500. The topological polar surface area (TPSA) is 45.8 Å². The second kappa shape index (κ2) is 10.5. The lowest BCUT2D eigenvalue weighted by atomic mass is 9.79. The van der Waals surface area contributed by atoms with Crippen LogP contribution >= 0.6 is 23.8 Å². The minimum absolute atomic E-state index is 0.0162. The van der Waals surface area contributed by atoms with Crippen LogP contribution in [0, 0.1) is 0 Å². The SMILES string of the molecule is CCOc1ccccc1CN(C(=S)Nc1ccc(Cl)cc1OC)C1CC(C)(C)NC(C)(C)C1. The summed E-state index contributed by atoms with van der Waals surface area (Å²) in [7, 11) is 1.63. The molecule has 0 aliphatic carbocycles. The van der Waals surface area contributed by atoms with Gasteiger partial charge in [-0.25, -0.2) is 0 Å². The summed E-state index contributed by atoms with van der Waals surface area (Å²) in [4.78, 5) is 2.30. The molecule has 0 aromatic heterocycles. The van der Waals surface area contributed by atoms with E-state index in [9.17, 15) is 0 Å². The second-order valence-corrected chi connectivity index (χ2v) is 10.7. The van der Waals surface area contributed by atoms with Crippen LogP contribution in [0.15, 0.2) is 42.5 Å². The van der Waals surface area contributed by atoms with Gasteiger partial charge in [-0.15, -0.1) is 0 Å². The number of rotatable bonds is 7. The van der Waals surface area contributed by atoms with Gasteiger partial charge in [0.25, 0.3) is 0 Å². The number of anilines is 1. The van der Waals surface area contributed by atoms with Crippen molar-refractivity contribution in [1.82, 2.24) is 10.2 Å². The summed E-state index contributed by atoms with van der Waals surface area (Å²) in [5, 5.41) is 8.47. The Kier molecular flexibility index (Phi) is 8.14. The lowest BCUT2D eigenvalue weighted by Crippen LogP contribution is -2.63. The molecule has 0 spiro atoms. The molecule has 180 valence electrons. The third-order valence-electron chi connectivity index (χ3n) is 5.89. The number of ether oxygens (including phenoxy) is 2. The molecule has 0 atom stereocenters. The largest absolute Gasteiger partial charge is 0.495 e. The number of hydrogen-bond acceptors (Lipinski definition) is 4. The predicted molar refractivity (Wildman–Crippen MR) is 142 cm³/mol. The maximum atomic E-state index is 6.16. The van der Waals surface area contributed by atoms with Gasteiger partial charge in [0, 0.05) is 40.3 Å². The Balaban J connectivity index is 1.96. The van der Waals surface area contributed by atoms with Gasteiger partial charge in [0.15, 0.2) is 5.11 Å².